The van der Waals surface area contributed by atoms with Crippen molar-refractivity contribution in [2.45, 2.75) is 109 Å². The summed E-state index contributed by atoms with van der Waals surface area (Å²) in [5.41, 5.74) is 3.45. The lowest BCUT2D eigenvalue weighted by atomic mass is 9.96. The van der Waals surface area contributed by atoms with Gasteiger partial charge < -0.3 is 23.7 Å². The Labute approximate surface area is 251 Å². The van der Waals surface area contributed by atoms with Gasteiger partial charge >= 0.3 is 0 Å². The third-order valence-electron chi connectivity index (χ3n) is 7.95. The van der Waals surface area contributed by atoms with Crippen LogP contribution in [-0.2, 0) is 31.9 Å². The van der Waals surface area contributed by atoms with Gasteiger partial charge in [0.2, 0.25) is 0 Å². The summed E-state index contributed by atoms with van der Waals surface area (Å²) in [6.07, 6.45) is 4.79. The summed E-state index contributed by atoms with van der Waals surface area (Å²) in [6.45, 7) is 15.3. The molecule has 40 heavy (non-hydrogen) atoms. The summed E-state index contributed by atoms with van der Waals surface area (Å²) < 4.78 is 26.2. The van der Waals surface area contributed by atoms with Crippen LogP contribution in [0.15, 0.2) is 70.7 Å². The molecule has 1 saturated heterocycles. The maximum atomic E-state index is 10.7. The van der Waals surface area contributed by atoms with Crippen molar-refractivity contribution in [3.63, 3.8) is 0 Å². The van der Waals surface area contributed by atoms with Gasteiger partial charge in [-0.15, -0.1) is 0 Å². The lowest BCUT2D eigenvalue weighted by Gasteiger charge is -2.37. The molecule has 0 unspecified atom stereocenters. The van der Waals surface area contributed by atoms with E-state index in [1.807, 2.05) is 30.3 Å². The van der Waals surface area contributed by atoms with Crippen molar-refractivity contribution in [2.75, 3.05) is 13.2 Å². The van der Waals surface area contributed by atoms with Crippen LogP contribution >= 0.6 is 15.9 Å². The fourth-order valence-corrected chi connectivity index (χ4v) is 5.85. The average Bonchev–Trinajstić information content (AvgIpc) is 2.90. The molecule has 4 atom stereocenters. The smallest absolute Gasteiger partial charge is 0.192 e. The third kappa shape index (κ3) is 11.5. The van der Waals surface area contributed by atoms with Crippen molar-refractivity contribution < 1.29 is 23.7 Å². The number of hydrogen-bond donors (Lipinski definition) is 1. The lowest BCUT2D eigenvalue weighted by Crippen LogP contribution is -2.42. The summed E-state index contributed by atoms with van der Waals surface area (Å²) >= 11 is 3.48. The van der Waals surface area contributed by atoms with Crippen LogP contribution in [0.1, 0.15) is 64.5 Å². The van der Waals surface area contributed by atoms with E-state index in [0.717, 1.165) is 34.9 Å². The first-order chi connectivity index (χ1) is 18.9. The summed E-state index contributed by atoms with van der Waals surface area (Å²) in [6, 6.07) is 18.5. The maximum Gasteiger partial charge on any atom is 0.192 e. The first kappa shape index (κ1) is 33.2. The van der Waals surface area contributed by atoms with Crippen LogP contribution in [0.25, 0.3) is 0 Å². The SMILES string of the molecule is C/C(=C\[C@@H]1C[C@@H](OCc2ccccc2)C[C@H](CCOCc2ccc(Br)cc2)O1)C[C@H](O)CO[Si](C)(C)C(C)(C)C. The van der Waals surface area contributed by atoms with Crippen LogP contribution in [-0.4, -0.2) is 51.1 Å². The van der Waals surface area contributed by atoms with E-state index in [0.29, 0.717) is 32.8 Å². The molecule has 0 bridgehead atoms. The molecule has 1 fully saturated rings. The molecule has 0 spiro atoms. The molecule has 0 amide bonds. The zero-order chi connectivity index (χ0) is 29.2. The first-order valence-corrected chi connectivity index (χ1v) is 18.2. The zero-order valence-electron chi connectivity index (χ0n) is 25.2. The Hall–Kier alpha value is -1.32. The second-order valence-corrected chi connectivity index (χ2v) is 18.3. The standard InChI is InChI=1S/C33H49BrO5Si/c1-25(18-29(35)24-38-40(5,6)33(2,3)4)19-32-21-31(37-23-26-10-8-7-9-11-26)20-30(39-32)16-17-36-22-27-12-14-28(34)15-13-27/h7-15,19,29-32,35H,16-18,20-24H2,1-6H3/b25-19+/t29-,30-,31-,32+/m0/s1. The molecule has 0 aromatic heterocycles. The van der Waals surface area contributed by atoms with Crippen molar-refractivity contribution >= 4 is 24.2 Å². The largest absolute Gasteiger partial charge is 0.414 e. The highest BCUT2D eigenvalue weighted by molar-refractivity contribution is 9.10. The number of aliphatic hydroxyl groups is 1. The van der Waals surface area contributed by atoms with Gasteiger partial charge in [0, 0.05) is 23.9 Å². The van der Waals surface area contributed by atoms with Gasteiger partial charge in [-0.3, -0.25) is 0 Å². The quantitative estimate of drug-likeness (QED) is 0.129. The normalized spacial score (nSPS) is 21.4. The second-order valence-electron chi connectivity index (χ2n) is 12.6. The van der Waals surface area contributed by atoms with Gasteiger partial charge in [-0.2, -0.15) is 0 Å². The van der Waals surface area contributed by atoms with Gasteiger partial charge in [-0.1, -0.05) is 90.8 Å². The predicted octanol–water partition coefficient (Wildman–Crippen LogP) is 8.21. The maximum absolute atomic E-state index is 10.7. The molecule has 0 saturated carbocycles. The van der Waals surface area contributed by atoms with Crippen LogP contribution in [0.3, 0.4) is 0 Å². The minimum Gasteiger partial charge on any atom is -0.414 e. The Balaban J connectivity index is 1.55. The highest BCUT2D eigenvalue weighted by Crippen LogP contribution is 2.36. The molecule has 0 radical (unpaired) electrons. The van der Waals surface area contributed by atoms with Gasteiger partial charge in [0.15, 0.2) is 8.32 Å². The van der Waals surface area contributed by atoms with E-state index in [1.165, 1.54) is 5.56 Å². The molecule has 222 valence electrons. The van der Waals surface area contributed by atoms with Crippen LogP contribution in [0, 0.1) is 0 Å². The van der Waals surface area contributed by atoms with Crippen LogP contribution in [0.5, 0.6) is 0 Å². The number of aliphatic hydroxyl groups excluding tert-OH is 1. The topological polar surface area (TPSA) is 57.2 Å². The minimum atomic E-state index is -1.89. The van der Waals surface area contributed by atoms with Crippen molar-refractivity contribution in [3.05, 3.63) is 81.8 Å². The number of benzene rings is 2. The van der Waals surface area contributed by atoms with E-state index in [2.05, 4.69) is 87.1 Å². The van der Waals surface area contributed by atoms with Gasteiger partial charge in [0.1, 0.15) is 0 Å². The Morgan fingerprint density at radius 2 is 1.73 bits per heavy atom. The van der Waals surface area contributed by atoms with E-state index in [9.17, 15) is 5.11 Å². The molecular formula is C33H49BrO5Si. The number of halogens is 1. The Bertz CT molecular complexity index is 1040. The molecule has 0 aliphatic carbocycles. The number of ether oxygens (including phenoxy) is 3. The van der Waals surface area contributed by atoms with Gasteiger partial charge in [-0.25, -0.2) is 0 Å². The van der Waals surface area contributed by atoms with E-state index < -0.39 is 14.4 Å². The molecule has 3 rings (SSSR count). The molecule has 1 heterocycles. The summed E-state index contributed by atoms with van der Waals surface area (Å²) in [5, 5.41) is 10.8. The van der Waals surface area contributed by atoms with Gasteiger partial charge in [-0.05, 0) is 61.2 Å². The van der Waals surface area contributed by atoms with Crippen molar-refractivity contribution in [2.24, 2.45) is 0 Å². The Morgan fingerprint density at radius 3 is 2.40 bits per heavy atom. The molecule has 1 aliphatic heterocycles. The molecule has 7 heteroatoms. The highest BCUT2D eigenvalue weighted by Gasteiger charge is 2.37. The summed E-state index contributed by atoms with van der Waals surface area (Å²) in [4.78, 5) is 0. The van der Waals surface area contributed by atoms with E-state index >= 15 is 0 Å². The third-order valence-corrected chi connectivity index (χ3v) is 13.0. The second kappa shape index (κ2) is 15.8. The Morgan fingerprint density at radius 1 is 1.05 bits per heavy atom. The summed E-state index contributed by atoms with van der Waals surface area (Å²) in [7, 11) is -1.89. The average molecular weight is 634 g/mol. The van der Waals surface area contributed by atoms with Crippen molar-refractivity contribution in [1.29, 1.82) is 0 Å². The fourth-order valence-electron chi connectivity index (χ4n) is 4.55. The molecule has 2 aromatic rings. The summed E-state index contributed by atoms with van der Waals surface area (Å²) in [5.74, 6) is 0. The van der Waals surface area contributed by atoms with Gasteiger partial charge in [0.05, 0.1) is 44.2 Å². The Kier molecular flexibility index (Phi) is 13.1. The molecular weight excluding hydrogens is 584 g/mol. The molecule has 1 aliphatic rings. The molecule has 1 N–H and O–H groups in total. The van der Waals surface area contributed by atoms with Crippen molar-refractivity contribution in [1.82, 2.24) is 0 Å². The zero-order valence-corrected chi connectivity index (χ0v) is 27.8. The number of rotatable bonds is 14. The van der Waals surface area contributed by atoms with Crippen LogP contribution < -0.4 is 0 Å². The molecule has 2 aromatic carbocycles. The number of hydrogen-bond acceptors (Lipinski definition) is 5. The van der Waals surface area contributed by atoms with Gasteiger partial charge in [0.25, 0.3) is 0 Å². The first-order valence-electron chi connectivity index (χ1n) is 14.5. The molecule has 5 nitrogen and oxygen atoms in total. The predicted molar refractivity (Wildman–Crippen MR) is 169 cm³/mol. The fraction of sp³-hybridized carbons (Fsp3) is 0.576. The van der Waals surface area contributed by atoms with E-state index in [1.54, 1.807) is 0 Å². The highest BCUT2D eigenvalue weighted by atomic mass is 79.9. The van der Waals surface area contributed by atoms with E-state index in [4.69, 9.17) is 18.6 Å². The monoisotopic (exact) mass is 632 g/mol. The van der Waals surface area contributed by atoms with Crippen LogP contribution in [0.4, 0.5) is 0 Å². The van der Waals surface area contributed by atoms with Crippen molar-refractivity contribution in [3.8, 4) is 0 Å². The minimum absolute atomic E-state index is 0.0559. The van der Waals surface area contributed by atoms with Crippen LogP contribution in [0.2, 0.25) is 18.1 Å². The van der Waals surface area contributed by atoms with E-state index in [-0.39, 0.29) is 23.4 Å². The lowest BCUT2D eigenvalue weighted by molar-refractivity contribution is -0.110.